The Labute approximate surface area is 129 Å². The first kappa shape index (κ1) is 15.5. The van der Waals surface area contributed by atoms with E-state index in [0.717, 1.165) is 45.1 Å². The second-order valence-corrected chi connectivity index (χ2v) is 7.69. The zero-order valence-electron chi connectivity index (χ0n) is 13.4. The van der Waals surface area contributed by atoms with Crippen molar-refractivity contribution < 1.29 is 9.53 Å². The zero-order valence-corrected chi connectivity index (χ0v) is 13.4. The van der Waals surface area contributed by atoms with Gasteiger partial charge < -0.3 is 10.5 Å². The summed E-state index contributed by atoms with van der Waals surface area (Å²) in [7, 11) is 0. The molecule has 1 aliphatic heterocycles. The van der Waals surface area contributed by atoms with Crippen LogP contribution >= 0.6 is 0 Å². The first-order valence-corrected chi connectivity index (χ1v) is 9.08. The van der Waals surface area contributed by atoms with Crippen LogP contribution < -0.4 is 5.73 Å². The molecular weight excluding hydrogens is 262 g/mol. The highest BCUT2D eigenvalue weighted by atomic mass is 16.5. The molecule has 3 rings (SSSR count). The Kier molecular flexibility index (Phi) is 4.70. The molecule has 0 bridgehead atoms. The van der Waals surface area contributed by atoms with E-state index in [2.05, 4.69) is 0 Å². The van der Waals surface area contributed by atoms with E-state index < -0.39 is 0 Å². The highest BCUT2D eigenvalue weighted by Crippen LogP contribution is 2.45. The first-order valence-electron chi connectivity index (χ1n) is 9.08. The fraction of sp³-hybridized carbons (Fsp3) is 0.944. The Morgan fingerprint density at radius 1 is 1.00 bits per heavy atom. The molecule has 21 heavy (non-hydrogen) atoms. The Bertz CT molecular complexity index is 362. The molecule has 0 aromatic carbocycles. The van der Waals surface area contributed by atoms with Crippen LogP contribution in [-0.2, 0) is 9.53 Å². The lowest BCUT2D eigenvalue weighted by Gasteiger charge is -2.46. The normalized spacial score (nSPS) is 32.0. The van der Waals surface area contributed by atoms with Crippen LogP contribution in [0.3, 0.4) is 0 Å². The Hall–Kier alpha value is -0.410. The second kappa shape index (κ2) is 6.37. The van der Waals surface area contributed by atoms with Gasteiger partial charge in [0.15, 0.2) is 0 Å². The summed E-state index contributed by atoms with van der Waals surface area (Å²) in [5, 5.41) is 0. The van der Waals surface area contributed by atoms with Crippen molar-refractivity contribution in [2.45, 2.75) is 82.7 Å². The molecule has 2 saturated carbocycles. The highest BCUT2D eigenvalue weighted by Gasteiger charge is 2.46. The number of ketones is 1. The van der Waals surface area contributed by atoms with Gasteiger partial charge in [0.05, 0.1) is 5.60 Å². The van der Waals surface area contributed by atoms with Crippen LogP contribution in [0.2, 0.25) is 0 Å². The summed E-state index contributed by atoms with van der Waals surface area (Å²) < 4.78 is 6.16. The Morgan fingerprint density at radius 3 is 2.24 bits per heavy atom. The van der Waals surface area contributed by atoms with Crippen LogP contribution in [0.15, 0.2) is 0 Å². The average molecular weight is 293 g/mol. The van der Waals surface area contributed by atoms with Crippen LogP contribution in [0.5, 0.6) is 0 Å². The van der Waals surface area contributed by atoms with Gasteiger partial charge >= 0.3 is 0 Å². The average Bonchev–Trinajstić information content (AvgIpc) is 2.55. The third-order valence-electron chi connectivity index (χ3n) is 6.35. The molecule has 1 heterocycles. The molecule has 3 fully saturated rings. The minimum absolute atomic E-state index is 0.0290. The van der Waals surface area contributed by atoms with Gasteiger partial charge in [-0.2, -0.15) is 0 Å². The van der Waals surface area contributed by atoms with Gasteiger partial charge in [-0.25, -0.2) is 0 Å². The predicted molar refractivity (Wildman–Crippen MR) is 84.1 cm³/mol. The number of carbonyl (C=O) groups excluding carboxylic acids is 1. The molecule has 3 nitrogen and oxygen atoms in total. The maximum atomic E-state index is 13.2. The smallest absolute Gasteiger partial charge is 0.143 e. The molecular formula is C18H31NO2. The van der Waals surface area contributed by atoms with Crippen molar-refractivity contribution in [3.63, 3.8) is 0 Å². The van der Waals surface area contributed by atoms with E-state index >= 15 is 0 Å². The summed E-state index contributed by atoms with van der Waals surface area (Å²) in [5.41, 5.74) is 5.89. The first-order chi connectivity index (χ1) is 10.2. The van der Waals surface area contributed by atoms with Crippen molar-refractivity contribution in [1.82, 2.24) is 0 Å². The van der Waals surface area contributed by atoms with E-state index in [1.165, 1.54) is 38.5 Å². The van der Waals surface area contributed by atoms with Crippen molar-refractivity contribution in [2.24, 2.45) is 17.1 Å². The van der Waals surface area contributed by atoms with Crippen LogP contribution in [0, 0.1) is 11.3 Å². The number of nitrogens with two attached hydrogens (primary N) is 1. The second-order valence-electron chi connectivity index (χ2n) is 7.69. The van der Waals surface area contributed by atoms with Gasteiger partial charge in [0.25, 0.3) is 0 Å². The van der Waals surface area contributed by atoms with Gasteiger partial charge in [-0.1, -0.05) is 38.5 Å². The molecule has 120 valence electrons. The van der Waals surface area contributed by atoms with Crippen LogP contribution in [0.1, 0.15) is 77.0 Å². The molecule has 1 spiro atoms. The monoisotopic (exact) mass is 293 g/mol. The molecule has 1 atom stereocenters. The van der Waals surface area contributed by atoms with E-state index in [4.69, 9.17) is 10.5 Å². The lowest BCUT2D eigenvalue weighted by Crippen LogP contribution is -2.49. The van der Waals surface area contributed by atoms with Crippen molar-refractivity contribution in [2.75, 3.05) is 13.2 Å². The van der Waals surface area contributed by atoms with Gasteiger partial charge in [0, 0.05) is 24.5 Å². The molecule has 0 aromatic rings. The van der Waals surface area contributed by atoms with Crippen molar-refractivity contribution >= 4 is 5.78 Å². The Morgan fingerprint density at radius 2 is 1.62 bits per heavy atom. The largest absolute Gasteiger partial charge is 0.375 e. The van der Waals surface area contributed by atoms with Crippen molar-refractivity contribution in [3.8, 4) is 0 Å². The van der Waals surface area contributed by atoms with Gasteiger partial charge in [-0.05, 0) is 38.5 Å². The summed E-state index contributed by atoms with van der Waals surface area (Å²) in [5.74, 6) is 0.691. The van der Waals surface area contributed by atoms with E-state index in [-0.39, 0.29) is 16.9 Å². The molecule has 2 aliphatic carbocycles. The number of Topliss-reactive ketones (excluding diaryl/α,β-unsaturated/α-hetero) is 1. The van der Waals surface area contributed by atoms with Gasteiger partial charge in [0.1, 0.15) is 5.78 Å². The molecule has 3 aliphatic rings. The molecule has 0 amide bonds. The van der Waals surface area contributed by atoms with Gasteiger partial charge in [0.2, 0.25) is 0 Å². The summed E-state index contributed by atoms with van der Waals surface area (Å²) in [6, 6.07) is 0. The maximum Gasteiger partial charge on any atom is 0.143 e. The molecule has 3 heteroatoms. The lowest BCUT2D eigenvalue weighted by molar-refractivity contribution is -0.152. The number of hydrogen-bond donors (Lipinski definition) is 1. The van der Waals surface area contributed by atoms with Gasteiger partial charge in [-0.15, -0.1) is 0 Å². The topological polar surface area (TPSA) is 52.3 Å². The third kappa shape index (κ3) is 3.05. The fourth-order valence-electron chi connectivity index (χ4n) is 5.01. The highest BCUT2D eigenvalue weighted by molar-refractivity contribution is 5.87. The Balaban J connectivity index is 1.71. The van der Waals surface area contributed by atoms with E-state index in [1.807, 2.05) is 0 Å². The molecule has 0 aromatic heterocycles. The molecule has 1 unspecified atom stereocenters. The van der Waals surface area contributed by atoms with Crippen molar-refractivity contribution in [3.05, 3.63) is 0 Å². The van der Waals surface area contributed by atoms with Crippen LogP contribution in [0.4, 0.5) is 0 Å². The fourth-order valence-corrected chi connectivity index (χ4v) is 5.01. The third-order valence-corrected chi connectivity index (χ3v) is 6.35. The van der Waals surface area contributed by atoms with E-state index in [9.17, 15) is 4.79 Å². The number of rotatable bonds is 3. The molecule has 0 radical (unpaired) electrons. The number of carbonyl (C=O) groups is 1. The SMILES string of the molecule is NCC1(C(=O)C2CCOC3(CCCCC3)C2)CCCCC1. The summed E-state index contributed by atoms with van der Waals surface area (Å²) in [6.07, 6.45) is 13.7. The summed E-state index contributed by atoms with van der Waals surface area (Å²) in [6.45, 7) is 1.33. The number of hydrogen-bond acceptors (Lipinski definition) is 3. The lowest BCUT2D eigenvalue weighted by atomic mass is 9.64. The standard InChI is InChI=1S/C18H31NO2/c19-14-17(8-3-1-4-9-17)16(20)15-7-12-21-18(13-15)10-5-2-6-11-18/h15H,1-14,19H2. The minimum Gasteiger partial charge on any atom is -0.375 e. The van der Waals surface area contributed by atoms with Gasteiger partial charge in [-0.3, -0.25) is 4.79 Å². The van der Waals surface area contributed by atoms with Crippen LogP contribution in [0.25, 0.3) is 0 Å². The zero-order chi connectivity index (χ0) is 14.8. The summed E-state index contributed by atoms with van der Waals surface area (Å²) >= 11 is 0. The molecule has 2 N–H and O–H groups in total. The van der Waals surface area contributed by atoms with Crippen LogP contribution in [-0.4, -0.2) is 24.5 Å². The summed E-state index contributed by atoms with van der Waals surface area (Å²) in [4.78, 5) is 13.2. The predicted octanol–water partition coefficient (Wildman–Crippen LogP) is 3.59. The maximum absolute atomic E-state index is 13.2. The van der Waals surface area contributed by atoms with E-state index in [1.54, 1.807) is 0 Å². The number of ether oxygens (including phenoxy) is 1. The quantitative estimate of drug-likeness (QED) is 0.865. The minimum atomic E-state index is -0.198. The van der Waals surface area contributed by atoms with Crippen molar-refractivity contribution in [1.29, 1.82) is 0 Å². The molecule has 1 saturated heterocycles. The van der Waals surface area contributed by atoms with E-state index in [0.29, 0.717) is 12.3 Å².